The molecule has 1 N–H and O–H groups in total. The van der Waals surface area contributed by atoms with Gasteiger partial charge in [0.15, 0.2) is 0 Å². The Morgan fingerprint density at radius 1 is 1.37 bits per heavy atom. The third kappa shape index (κ3) is 2.98. The smallest absolute Gasteiger partial charge is 0.335 e. The summed E-state index contributed by atoms with van der Waals surface area (Å²) in [4.78, 5) is 19.7. The van der Waals surface area contributed by atoms with Crippen LogP contribution < -0.4 is 4.90 Å². The van der Waals surface area contributed by atoms with E-state index in [1.807, 2.05) is 0 Å². The fourth-order valence-electron chi connectivity index (χ4n) is 2.36. The van der Waals surface area contributed by atoms with Crippen molar-refractivity contribution in [3.63, 3.8) is 0 Å². The molecule has 5 nitrogen and oxygen atoms in total. The highest BCUT2D eigenvalue weighted by atomic mass is 35.5. The molecule has 0 spiro atoms. The maximum Gasteiger partial charge on any atom is 0.335 e. The number of piperazine rings is 1. The lowest BCUT2D eigenvalue weighted by Gasteiger charge is -2.43. The van der Waals surface area contributed by atoms with Crippen molar-refractivity contribution in [1.82, 2.24) is 9.88 Å². The molecule has 2 heterocycles. The molecule has 1 saturated heterocycles. The van der Waals surface area contributed by atoms with Gasteiger partial charge in [-0.1, -0.05) is 11.6 Å². The number of hydrogen-bond acceptors (Lipinski definition) is 4. The Labute approximate surface area is 117 Å². The zero-order chi connectivity index (χ0) is 14.2. The quantitative estimate of drug-likeness (QED) is 0.841. The Morgan fingerprint density at radius 3 is 2.47 bits per heavy atom. The number of anilines is 1. The number of nitrogens with zero attached hydrogens (tertiary/aromatic N) is 3. The molecule has 1 aliphatic heterocycles. The highest BCUT2D eigenvalue weighted by Crippen LogP contribution is 2.23. The Kier molecular flexibility index (Phi) is 3.96. The number of carboxylic acid groups (broad SMARTS) is 1. The van der Waals surface area contributed by atoms with E-state index >= 15 is 0 Å². The molecular weight excluding hydrogens is 266 g/mol. The first-order chi connectivity index (χ1) is 8.88. The summed E-state index contributed by atoms with van der Waals surface area (Å²) in [5.74, 6) is -0.350. The van der Waals surface area contributed by atoms with Gasteiger partial charge >= 0.3 is 5.97 Å². The Morgan fingerprint density at radius 2 is 1.95 bits per heavy atom. The molecular formula is C13H18ClN3O2. The summed E-state index contributed by atoms with van der Waals surface area (Å²) >= 11 is 5.90. The Balaban J connectivity index is 2.29. The molecule has 6 heteroatoms. The largest absolute Gasteiger partial charge is 0.478 e. The van der Waals surface area contributed by atoms with Gasteiger partial charge in [0.05, 0.1) is 5.56 Å². The van der Waals surface area contributed by atoms with E-state index in [-0.39, 0.29) is 10.7 Å². The molecule has 104 valence electrons. The minimum atomic E-state index is -0.985. The highest BCUT2D eigenvalue weighted by molar-refractivity contribution is 6.29. The molecule has 19 heavy (non-hydrogen) atoms. The standard InChI is InChI=1S/C13H18ClN3O2/c1-8-6-17(7-9(2)16(8)3)12-5-10(13(18)19)4-11(14)15-12/h4-5,8-9H,6-7H2,1-3H3,(H,18,19). The molecule has 0 radical (unpaired) electrons. The van der Waals surface area contributed by atoms with Gasteiger partial charge in [-0.2, -0.15) is 0 Å². The lowest BCUT2D eigenvalue weighted by molar-refractivity contribution is 0.0696. The van der Waals surface area contributed by atoms with Crippen LogP contribution in [-0.4, -0.2) is 53.2 Å². The topological polar surface area (TPSA) is 56.7 Å². The first-order valence-electron chi connectivity index (χ1n) is 6.26. The summed E-state index contributed by atoms with van der Waals surface area (Å²) < 4.78 is 0. The summed E-state index contributed by atoms with van der Waals surface area (Å²) in [6.45, 7) is 5.91. The lowest BCUT2D eigenvalue weighted by Crippen LogP contribution is -2.55. The molecule has 0 amide bonds. The molecule has 0 aliphatic carbocycles. The van der Waals surface area contributed by atoms with Crippen molar-refractivity contribution in [2.24, 2.45) is 0 Å². The third-order valence-electron chi connectivity index (χ3n) is 3.71. The molecule has 1 fully saturated rings. The van der Waals surface area contributed by atoms with Crippen LogP contribution in [0.5, 0.6) is 0 Å². The molecule has 2 rings (SSSR count). The van der Waals surface area contributed by atoms with Crippen LogP contribution in [0.4, 0.5) is 5.82 Å². The molecule has 1 aromatic rings. The van der Waals surface area contributed by atoms with Crippen LogP contribution in [0, 0.1) is 0 Å². The molecule has 0 bridgehead atoms. The molecule has 2 unspecified atom stereocenters. The van der Waals surface area contributed by atoms with E-state index in [0.717, 1.165) is 13.1 Å². The number of carbonyl (C=O) groups is 1. The molecule has 2 atom stereocenters. The van der Waals surface area contributed by atoms with Crippen molar-refractivity contribution in [3.05, 3.63) is 22.8 Å². The normalized spacial score (nSPS) is 24.5. The Bertz CT molecular complexity index is 483. The van der Waals surface area contributed by atoms with Crippen molar-refractivity contribution in [2.45, 2.75) is 25.9 Å². The average molecular weight is 284 g/mol. The summed E-state index contributed by atoms with van der Waals surface area (Å²) in [7, 11) is 2.10. The summed E-state index contributed by atoms with van der Waals surface area (Å²) in [6.07, 6.45) is 0. The van der Waals surface area contributed by atoms with Crippen molar-refractivity contribution in [3.8, 4) is 0 Å². The number of likely N-dealkylation sites (N-methyl/N-ethyl adjacent to an activating group) is 1. The number of aromatic carboxylic acids is 1. The first-order valence-corrected chi connectivity index (χ1v) is 6.64. The van der Waals surface area contributed by atoms with E-state index in [2.05, 4.69) is 35.7 Å². The van der Waals surface area contributed by atoms with E-state index in [1.54, 1.807) is 6.07 Å². The van der Waals surface area contributed by atoms with E-state index in [4.69, 9.17) is 16.7 Å². The number of carboxylic acids is 1. The van der Waals surface area contributed by atoms with Crippen molar-refractivity contribution in [1.29, 1.82) is 0 Å². The predicted molar refractivity (Wildman–Crippen MR) is 75.1 cm³/mol. The predicted octanol–water partition coefficient (Wildman–Crippen LogP) is 1.96. The van der Waals surface area contributed by atoms with Gasteiger partial charge in [-0.15, -0.1) is 0 Å². The van der Waals surface area contributed by atoms with Gasteiger partial charge in [-0.05, 0) is 33.0 Å². The summed E-state index contributed by atoms with van der Waals surface area (Å²) in [5.41, 5.74) is 0.175. The lowest BCUT2D eigenvalue weighted by atomic mass is 10.1. The molecule has 0 aromatic carbocycles. The highest BCUT2D eigenvalue weighted by Gasteiger charge is 2.27. The first kappa shape index (κ1) is 14.1. The zero-order valence-corrected chi connectivity index (χ0v) is 12.1. The van der Waals surface area contributed by atoms with Gasteiger partial charge in [-0.3, -0.25) is 4.90 Å². The van der Waals surface area contributed by atoms with Crippen LogP contribution in [0.15, 0.2) is 12.1 Å². The number of hydrogen-bond donors (Lipinski definition) is 1. The van der Waals surface area contributed by atoms with Crippen LogP contribution in [0.1, 0.15) is 24.2 Å². The maximum absolute atomic E-state index is 11.1. The average Bonchev–Trinajstić information content (AvgIpc) is 2.34. The number of halogens is 1. The SMILES string of the molecule is CC1CN(c2cc(C(=O)O)cc(Cl)n2)CC(C)N1C. The minimum Gasteiger partial charge on any atom is -0.478 e. The fourth-order valence-corrected chi connectivity index (χ4v) is 2.56. The Hall–Kier alpha value is -1.33. The molecule has 0 saturated carbocycles. The van der Waals surface area contributed by atoms with E-state index in [1.165, 1.54) is 6.07 Å². The second-order valence-electron chi connectivity index (χ2n) is 5.11. The van der Waals surface area contributed by atoms with Gasteiger partial charge in [0, 0.05) is 25.2 Å². The monoisotopic (exact) mass is 283 g/mol. The van der Waals surface area contributed by atoms with Crippen LogP contribution >= 0.6 is 11.6 Å². The van der Waals surface area contributed by atoms with Crippen LogP contribution in [-0.2, 0) is 0 Å². The number of rotatable bonds is 2. The van der Waals surface area contributed by atoms with Crippen molar-refractivity contribution in [2.75, 3.05) is 25.0 Å². The van der Waals surface area contributed by atoms with Gasteiger partial charge in [0.1, 0.15) is 11.0 Å². The molecule has 1 aliphatic rings. The maximum atomic E-state index is 11.1. The van der Waals surface area contributed by atoms with Crippen LogP contribution in [0.25, 0.3) is 0 Å². The van der Waals surface area contributed by atoms with Crippen molar-refractivity contribution < 1.29 is 9.90 Å². The fraction of sp³-hybridized carbons (Fsp3) is 0.538. The zero-order valence-electron chi connectivity index (χ0n) is 11.3. The number of pyridine rings is 1. The van der Waals surface area contributed by atoms with Gasteiger partial charge in [0.2, 0.25) is 0 Å². The minimum absolute atomic E-state index is 0.175. The van der Waals surface area contributed by atoms with Crippen molar-refractivity contribution >= 4 is 23.4 Å². The van der Waals surface area contributed by atoms with Gasteiger partial charge < -0.3 is 10.0 Å². The van der Waals surface area contributed by atoms with E-state index in [0.29, 0.717) is 17.9 Å². The van der Waals surface area contributed by atoms with E-state index in [9.17, 15) is 4.79 Å². The molecule has 1 aromatic heterocycles. The number of aromatic nitrogens is 1. The van der Waals surface area contributed by atoms with Crippen LogP contribution in [0.2, 0.25) is 5.15 Å². The van der Waals surface area contributed by atoms with Crippen LogP contribution in [0.3, 0.4) is 0 Å². The van der Waals surface area contributed by atoms with Gasteiger partial charge in [-0.25, -0.2) is 9.78 Å². The van der Waals surface area contributed by atoms with E-state index < -0.39 is 5.97 Å². The third-order valence-corrected chi connectivity index (χ3v) is 3.90. The van der Waals surface area contributed by atoms with Gasteiger partial charge in [0.25, 0.3) is 0 Å². The second-order valence-corrected chi connectivity index (χ2v) is 5.50. The summed E-state index contributed by atoms with van der Waals surface area (Å²) in [6, 6.07) is 3.73. The summed E-state index contributed by atoms with van der Waals surface area (Å²) in [5, 5.41) is 9.28. The second kappa shape index (κ2) is 5.35.